The number of methoxy groups -OCH3 is 1. The molecule has 0 bridgehead atoms. The zero-order valence-electron chi connectivity index (χ0n) is 17.1. The second-order valence-corrected chi connectivity index (χ2v) is 9.16. The van der Waals surface area contributed by atoms with Crippen LogP contribution < -0.4 is 19.9 Å². The minimum absolute atomic E-state index is 0.0246. The molecule has 0 spiro atoms. The molecular formula is C22H17Cl2N3O5S. The summed E-state index contributed by atoms with van der Waals surface area (Å²) in [6.45, 7) is 0. The largest absolute Gasteiger partial charge is 0.497 e. The number of halogens is 2. The predicted octanol–water partition coefficient (Wildman–Crippen LogP) is 4.49. The average molecular weight is 506 g/mol. The normalized spacial score (nSPS) is 10.9. The van der Waals surface area contributed by atoms with Gasteiger partial charge in [-0.1, -0.05) is 23.2 Å². The molecular weight excluding hydrogens is 489 g/mol. The summed E-state index contributed by atoms with van der Waals surface area (Å²) in [5.74, 6) is 0.660. The Bertz CT molecular complexity index is 1370. The van der Waals surface area contributed by atoms with Gasteiger partial charge in [0.15, 0.2) is 0 Å². The number of nitrogens with two attached hydrogens (primary N) is 1. The van der Waals surface area contributed by atoms with Gasteiger partial charge in [0.1, 0.15) is 17.2 Å². The van der Waals surface area contributed by atoms with Gasteiger partial charge in [-0.05, 0) is 48.0 Å². The Hall–Kier alpha value is -3.29. The lowest BCUT2D eigenvalue weighted by Crippen LogP contribution is -2.16. The summed E-state index contributed by atoms with van der Waals surface area (Å²) in [5, 5.41) is 17.1. The Morgan fingerprint density at radius 2 is 1.79 bits per heavy atom. The number of nitrogens with zero attached hydrogens (tertiary/aromatic N) is 1. The Morgan fingerprint density at radius 3 is 2.42 bits per heavy atom. The maximum absolute atomic E-state index is 12.6. The van der Waals surface area contributed by atoms with Crippen LogP contribution in [0, 0.1) is 11.3 Å². The van der Waals surface area contributed by atoms with Crippen molar-refractivity contribution >= 4 is 44.8 Å². The van der Waals surface area contributed by atoms with Gasteiger partial charge in [0.25, 0.3) is 0 Å². The average Bonchev–Trinajstić information content (AvgIpc) is 2.75. The molecule has 170 valence electrons. The number of benzene rings is 3. The molecule has 3 aromatic rings. The van der Waals surface area contributed by atoms with E-state index >= 15 is 0 Å². The number of carbonyl (C=O) groups is 1. The maximum atomic E-state index is 12.6. The number of primary sulfonamides is 1. The molecule has 0 radical (unpaired) electrons. The minimum Gasteiger partial charge on any atom is -0.497 e. The lowest BCUT2D eigenvalue weighted by atomic mass is 10.1. The van der Waals surface area contributed by atoms with E-state index < -0.39 is 15.9 Å². The number of hydrogen-bond acceptors (Lipinski definition) is 6. The van der Waals surface area contributed by atoms with Crippen LogP contribution in [0.25, 0.3) is 0 Å². The molecule has 33 heavy (non-hydrogen) atoms. The molecule has 0 unspecified atom stereocenters. The lowest BCUT2D eigenvalue weighted by molar-refractivity contribution is -0.115. The number of nitriles is 1. The third-order valence-electron chi connectivity index (χ3n) is 4.37. The van der Waals surface area contributed by atoms with Crippen LogP contribution in [0.2, 0.25) is 10.0 Å². The molecule has 1 amide bonds. The number of hydrogen-bond donors (Lipinski definition) is 2. The van der Waals surface area contributed by atoms with E-state index in [0.717, 1.165) is 6.07 Å². The van der Waals surface area contributed by atoms with Gasteiger partial charge in [0.2, 0.25) is 15.9 Å². The first-order valence-electron chi connectivity index (χ1n) is 9.26. The van der Waals surface area contributed by atoms with Crippen LogP contribution in [-0.4, -0.2) is 21.4 Å². The van der Waals surface area contributed by atoms with Gasteiger partial charge in [0.05, 0.1) is 45.8 Å². The van der Waals surface area contributed by atoms with Crippen molar-refractivity contribution in [3.8, 4) is 23.3 Å². The zero-order valence-corrected chi connectivity index (χ0v) is 19.5. The van der Waals surface area contributed by atoms with Crippen molar-refractivity contribution in [1.29, 1.82) is 5.26 Å². The Balaban J connectivity index is 1.80. The first-order chi connectivity index (χ1) is 15.6. The number of rotatable bonds is 7. The highest BCUT2D eigenvalue weighted by molar-refractivity contribution is 7.89. The Labute approximate surface area is 200 Å². The summed E-state index contributed by atoms with van der Waals surface area (Å²) < 4.78 is 33.9. The van der Waals surface area contributed by atoms with Crippen molar-refractivity contribution in [2.24, 2.45) is 5.14 Å². The van der Waals surface area contributed by atoms with Gasteiger partial charge >= 0.3 is 0 Å². The third-order valence-corrected chi connectivity index (χ3v) is 5.91. The van der Waals surface area contributed by atoms with Crippen LogP contribution >= 0.6 is 23.2 Å². The summed E-state index contributed by atoms with van der Waals surface area (Å²) in [4.78, 5) is 12.4. The standard InChI is InChI=1S/C22H17Cl2N3O5S/c1-31-15-6-14(7-16(10-15)32-21-8-13(12-25)2-4-18(21)23)9-22(28)27-20-5-3-17(11-19(20)24)33(26,29)30/h2-8,10-11H,9H2,1H3,(H,27,28)(H2,26,29,30). The van der Waals surface area contributed by atoms with Crippen molar-refractivity contribution in [2.75, 3.05) is 12.4 Å². The van der Waals surface area contributed by atoms with Gasteiger partial charge in [-0.3, -0.25) is 4.79 Å². The molecule has 0 fully saturated rings. The summed E-state index contributed by atoms with van der Waals surface area (Å²) in [5.41, 5.74) is 1.17. The van der Waals surface area contributed by atoms with E-state index in [1.165, 1.54) is 25.3 Å². The van der Waals surface area contributed by atoms with Gasteiger partial charge in [-0.15, -0.1) is 0 Å². The van der Waals surface area contributed by atoms with Gasteiger partial charge in [0, 0.05) is 12.1 Å². The second kappa shape index (κ2) is 10.1. The monoisotopic (exact) mass is 505 g/mol. The first kappa shape index (κ1) is 24.4. The van der Waals surface area contributed by atoms with E-state index in [1.807, 2.05) is 6.07 Å². The number of ether oxygens (including phenoxy) is 2. The molecule has 3 N–H and O–H groups in total. The molecule has 0 heterocycles. The molecule has 0 saturated carbocycles. The van der Waals surface area contributed by atoms with Crippen molar-refractivity contribution in [3.63, 3.8) is 0 Å². The molecule has 0 aliphatic carbocycles. The lowest BCUT2D eigenvalue weighted by Gasteiger charge is -2.12. The molecule has 8 nitrogen and oxygen atoms in total. The van der Waals surface area contributed by atoms with E-state index in [1.54, 1.807) is 30.3 Å². The molecule has 0 aliphatic heterocycles. The fourth-order valence-electron chi connectivity index (χ4n) is 2.84. The van der Waals surface area contributed by atoms with Gasteiger partial charge < -0.3 is 14.8 Å². The summed E-state index contributed by atoms with van der Waals surface area (Å²) in [6, 6.07) is 15.3. The quantitative estimate of drug-likeness (QED) is 0.485. The topological polar surface area (TPSA) is 132 Å². The van der Waals surface area contributed by atoms with Crippen LogP contribution in [0.15, 0.2) is 59.5 Å². The Morgan fingerprint density at radius 1 is 1.06 bits per heavy atom. The highest BCUT2D eigenvalue weighted by Gasteiger charge is 2.14. The van der Waals surface area contributed by atoms with Crippen LogP contribution in [0.4, 0.5) is 5.69 Å². The highest BCUT2D eigenvalue weighted by Crippen LogP contribution is 2.33. The third kappa shape index (κ3) is 6.37. The van der Waals surface area contributed by atoms with Crippen LogP contribution in [0.1, 0.15) is 11.1 Å². The van der Waals surface area contributed by atoms with Gasteiger partial charge in [-0.25, -0.2) is 13.6 Å². The molecule has 0 saturated heterocycles. The van der Waals surface area contributed by atoms with Crippen LogP contribution in [0.5, 0.6) is 17.2 Å². The number of anilines is 1. The van der Waals surface area contributed by atoms with Crippen molar-refractivity contribution in [3.05, 3.63) is 75.8 Å². The molecule has 11 heteroatoms. The van der Waals surface area contributed by atoms with Crippen LogP contribution in [0.3, 0.4) is 0 Å². The van der Waals surface area contributed by atoms with Crippen molar-refractivity contribution in [1.82, 2.24) is 0 Å². The maximum Gasteiger partial charge on any atom is 0.238 e. The molecule has 0 atom stereocenters. The van der Waals surface area contributed by atoms with E-state index in [9.17, 15) is 13.2 Å². The number of nitrogens with one attached hydrogen (secondary N) is 1. The van der Waals surface area contributed by atoms with Gasteiger partial charge in [-0.2, -0.15) is 5.26 Å². The predicted molar refractivity (Wildman–Crippen MR) is 124 cm³/mol. The fraction of sp³-hybridized carbons (Fsp3) is 0.0909. The summed E-state index contributed by atoms with van der Waals surface area (Å²) in [7, 11) is -2.45. The molecule has 3 aromatic carbocycles. The highest BCUT2D eigenvalue weighted by atomic mass is 35.5. The first-order valence-corrected chi connectivity index (χ1v) is 11.6. The molecule has 0 aliphatic rings. The molecule has 3 rings (SSSR count). The summed E-state index contributed by atoms with van der Waals surface area (Å²) >= 11 is 12.2. The van der Waals surface area contributed by atoms with E-state index in [4.69, 9.17) is 43.1 Å². The fourth-order valence-corrected chi connectivity index (χ4v) is 3.83. The summed E-state index contributed by atoms with van der Waals surface area (Å²) in [6.07, 6.45) is -0.0627. The number of amides is 1. The smallest absolute Gasteiger partial charge is 0.238 e. The van der Waals surface area contributed by atoms with Crippen molar-refractivity contribution < 1.29 is 22.7 Å². The minimum atomic E-state index is -3.92. The Kier molecular flexibility index (Phi) is 7.46. The number of carbonyl (C=O) groups excluding carboxylic acids is 1. The van der Waals surface area contributed by atoms with E-state index in [-0.39, 0.29) is 27.8 Å². The number of sulfonamides is 1. The SMILES string of the molecule is COc1cc(CC(=O)Nc2ccc(S(N)(=O)=O)cc2Cl)cc(Oc2cc(C#N)ccc2Cl)c1. The second-order valence-electron chi connectivity index (χ2n) is 6.79. The van der Waals surface area contributed by atoms with Crippen molar-refractivity contribution in [2.45, 2.75) is 11.3 Å². The van der Waals surface area contributed by atoms with E-state index in [0.29, 0.717) is 27.6 Å². The molecule has 0 aromatic heterocycles. The van der Waals surface area contributed by atoms with Crippen LogP contribution in [-0.2, 0) is 21.2 Å². The van der Waals surface area contributed by atoms with E-state index in [2.05, 4.69) is 5.32 Å². The zero-order chi connectivity index (χ0) is 24.2.